The second kappa shape index (κ2) is 6.67. The Morgan fingerprint density at radius 2 is 2.17 bits per heavy atom. The van der Waals surface area contributed by atoms with Gasteiger partial charge in [-0.25, -0.2) is 4.79 Å². The summed E-state index contributed by atoms with van der Waals surface area (Å²) < 4.78 is 9.85. The fraction of sp³-hybridized carbons (Fsp3) is 0.125. The van der Waals surface area contributed by atoms with E-state index in [1.165, 1.54) is 6.07 Å². The molecule has 24 heavy (non-hydrogen) atoms. The van der Waals surface area contributed by atoms with Gasteiger partial charge < -0.3 is 14.6 Å². The van der Waals surface area contributed by atoms with Crippen molar-refractivity contribution in [2.75, 3.05) is 11.9 Å². The quantitative estimate of drug-likeness (QED) is 0.730. The van der Waals surface area contributed by atoms with E-state index in [-0.39, 0.29) is 11.4 Å². The molecule has 0 fully saturated rings. The highest BCUT2D eigenvalue weighted by molar-refractivity contribution is 6.32. The first-order valence-electron chi connectivity index (χ1n) is 6.97. The highest BCUT2D eigenvalue weighted by Gasteiger charge is 2.16. The van der Waals surface area contributed by atoms with Crippen molar-refractivity contribution in [2.24, 2.45) is 0 Å². The van der Waals surface area contributed by atoms with E-state index in [1.54, 1.807) is 37.4 Å². The van der Waals surface area contributed by atoms with Crippen molar-refractivity contribution >= 4 is 40.2 Å². The number of ether oxygens (including phenoxy) is 1. The lowest BCUT2D eigenvalue weighted by molar-refractivity contribution is -0.119. The number of benzene rings is 1. The smallest absolute Gasteiger partial charge is 0.340 e. The molecule has 1 N–H and O–H groups in total. The molecule has 8 heteroatoms. The number of rotatable bonds is 4. The molecule has 0 radical (unpaired) electrons. The molecular formula is C16H12ClN3O4. The van der Waals surface area contributed by atoms with Crippen LogP contribution in [-0.2, 0) is 9.53 Å². The predicted octanol–water partition coefficient (Wildman–Crippen LogP) is 2.98. The monoisotopic (exact) mass is 345 g/mol. The molecule has 0 saturated carbocycles. The number of carbonyl (C=O) groups excluding carboxylic acids is 2. The number of nitrogens with one attached hydrogen (secondary N) is 1. The first-order chi connectivity index (χ1) is 11.5. The second-order valence-electron chi connectivity index (χ2n) is 4.98. The van der Waals surface area contributed by atoms with Crippen LogP contribution in [0.15, 0.2) is 41.1 Å². The van der Waals surface area contributed by atoms with Gasteiger partial charge in [-0.05, 0) is 25.1 Å². The Kier molecular flexibility index (Phi) is 4.43. The van der Waals surface area contributed by atoms with Gasteiger partial charge in [0, 0.05) is 22.7 Å². The fourth-order valence-corrected chi connectivity index (χ4v) is 2.35. The number of hydrogen-bond donors (Lipinski definition) is 1. The number of nitrogens with zero attached hydrogens (tertiary/aromatic N) is 2. The van der Waals surface area contributed by atoms with Crippen molar-refractivity contribution < 1.29 is 18.8 Å². The van der Waals surface area contributed by atoms with E-state index in [9.17, 15) is 9.59 Å². The van der Waals surface area contributed by atoms with Gasteiger partial charge in [0.1, 0.15) is 5.76 Å². The molecule has 122 valence electrons. The largest absolute Gasteiger partial charge is 0.452 e. The Hall–Kier alpha value is -2.93. The lowest BCUT2D eigenvalue weighted by atomic mass is 10.1. The Labute approximate surface area is 141 Å². The van der Waals surface area contributed by atoms with Crippen LogP contribution in [0.3, 0.4) is 0 Å². The molecule has 0 saturated heterocycles. The van der Waals surface area contributed by atoms with Gasteiger partial charge in [-0.15, -0.1) is 0 Å². The molecule has 2 aromatic heterocycles. The molecular weight excluding hydrogens is 334 g/mol. The van der Waals surface area contributed by atoms with Crippen LogP contribution in [0, 0.1) is 6.92 Å². The summed E-state index contributed by atoms with van der Waals surface area (Å²) in [7, 11) is 0. The van der Waals surface area contributed by atoms with Crippen LogP contribution in [-0.4, -0.2) is 28.6 Å². The molecule has 0 aliphatic heterocycles. The van der Waals surface area contributed by atoms with Gasteiger partial charge in [0.25, 0.3) is 5.91 Å². The van der Waals surface area contributed by atoms with Crippen LogP contribution in [0.1, 0.15) is 16.1 Å². The maximum absolute atomic E-state index is 12.2. The van der Waals surface area contributed by atoms with Crippen molar-refractivity contribution in [3.8, 4) is 0 Å². The van der Waals surface area contributed by atoms with Crippen LogP contribution in [0.2, 0.25) is 5.02 Å². The van der Waals surface area contributed by atoms with Gasteiger partial charge in [0.2, 0.25) is 0 Å². The van der Waals surface area contributed by atoms with Crippen LogP contribution in [0.25, 0.3) is 10.9 Å². The summed E-state index contributed by atoms with van der Waals surface area (Å²) in [6, 6.07) is 8.22. The van der Waals surface area contributed by atoms with Crippen molar-refractivity contribution in [2.45, 2.75) is 6.92 Å². The fourth-order valence-electron chi connectivity index (χ4n) is 2.12. The second-order valence-corrected chi connectivity index (χ2v) is 5.41. The predicted molar refractivity (Wildman–Crippen MR) is 86.9 cm³/mol. The molecule has 0 aliphatic rings. The van der Waals surface area contributed by atoms with Crippen molar-refractivity contribution in [1.29, 1.82) is 0 Å². The third-order valence-electron chi connectivity index (χ3n) is 3.12. The standard InChI is InChI=1S/C16H12ClN3O4/c1-9-5-13(20-24-9)19-14(21)8-23-16(22)12-7-11(17)6-10-3-2-4-18-15(10)12/h2-7H,8H2,1H3,(H,19,20,21). The third kappa shape index (κ3) is 3.52. The maximum atomic E-state index is 12.2. The highest BCUT2D eigenvalue weighted by atomic mass is 35.5. The summed E-state index contributed by atoms with van der Waals surface area (Å²) in [5.41, 5.74) is 0.655. The number of esters is 1. The number of aromatic nitrogens is 2. The molecule has 7 nitrogen and oxygen atoms in total. The van der Waals surface area contributed by atoms with Crippen molar-refractivity contribution in [3.05, 3.63) is 52.9 Å². The summed E-state index contributed by atoms with van der Waals surface area (Å²) >= 11 is 6.01. The minimum Gasteiger partial charge on any atom is -0.452 e. The molecule has 0 atom stereocenters. The first kappa shape index (κ1) is 15.9. The molecule has 0 spiro atoms. The van der Waals surface area contributed by atoms with E-state index in [1.807, 2.05) is 0 Å². The van der Waals surface area contributed by atoms with Crippen LogP contribution >= 0.6 is 11.6 Å². The average molecular weight is 346 g/mol. The van der Waals surface area contributed by atoms with Gasteiger partial charge in [0.15, 0.2) is 12.4 Å². The Morgan fingerprint density at radius 1 is 1.33 bits per heavy atom. The van der Waals surface area contributed by atoms with Gasteiger partial charge in [0.05, 0.1) is 11.1 Å². The topological polar surface area (TPSA) is 94.3 Å². The van der Waals surface area contributed by atoms with E-state index in [4.69, 9.17) is 20.9 Å². The SMILES string of the molecule is Cc1cc(NC(=O)COC(=O)c2cc(Cl)cc3cccnc23)no1. The average Bonchev–Trinajstić information content (AvgIpc) is 2.96. The van der Waals surface area contributed by atoms with Crippen molar-refractivity contribution in [3.63, 3.8) is 0 Å². The zero-order chi connectivity index (χ0) is 17.1. The summed E-state index contributed by atoms with van der Waals surface area (Å²) in [5, 5.41) is 7.16. The van der Waals surface area contributed by atoms with E-state index in [0.717, 1.165) is 0 Å². The number of hydrogen-bond acceptors (Lipinski definition) is 6. The van der Waals surface area contributed by atoms with E-state index >= 15 is 0 Å². The molecule has 1 aromatic carbocycles. The van der Waals surface area contributed by atoms with Gasteiger partial charge >= 0.3 is 5.97 Å². The number of halogens is 1. The zero-order valence-electron chi connectivity index (χ0n) is 12.6. The molecule has 0 bridgehead atoms. The van der Waals surface area contributed by atoms with E-state index in [0.29, 0.717) is 21.7 Å². The lowest BCUT2D eigenvalue weighted by Gasteiger charge is -2.07. The Balaban J connectivity index is 1.70. The maximum Gasteiger partial charge on any atom is 0.340 e. The van der Waals surface area contributed by atoms with Gasteiger partial charge in [-0.1, -0.05) is 22.8 Å². The Morgan fingerprint density at radius 3 is 2.92 bits per heavy atom. The number of aryl methyl sites for hydroxylation is 1. The summed E-state index contributed by atoms with van der Waals surface area (Å²) in [4.78, 5) is 28.2. The minimum atomic E-state index is -0.687. The summed E-state index contributed by atoms with van der Waals surface area (Å²) in [6.45, 7) is 1.23. The summed E-state index contributed by atoms with van der Waals surface area (Å²) in [6.07, 6.45) is 1.56. The molecule has 3 rings (SSSR count). The van der Waals surface area contributed by atoms with Crippen LogP contribution in [0.4, 0.5) is 5.82 Å². The Bertz CT molecular complexity index is 923. The van der Waals surface area contributed by atoms with Crippen LogP contribution < -0.4 is 5.32 Å². The van der Waals surface area contributed by atoms with Gasteiger partial charge in [-0.2, -0.15) is 0 Å². The zero-order valence-corrected chi connectivity index (χ0v) is 13.3. The number of anilines is 1. The highest BCUT2D eigenvalue weighted by Crippen LogP contribution is 2.22. The molecule has 0 unspecified atom stereocenters. The van der Waals surface area contributed by atoms with Crippen molar-refractivity contribution in [1.82, 2.24) is 10.1 Å². The number of fused-ring (bicyclic) bond motifs is 1. The molecule has 1 amide bonds. The van der Waals surface area contributed by atoms with E-state index < -0.39 is 18.5 Å². The normalized spacial score (nSPS) is 10.6. The number of amides is 1. The number of pyridine rings is 1. The minimum absolute atomic E-state index is 0.197. The summed E-state index contributed by atoms with van der Waals surface area (Å²) in [5.74, 6) is -0.411. The van der Waals surface area contributed by atoms with E-state index in [2.05, 4.69) is 15.5 Å². The molecule has 2 heterocycles. The molecule has 3 aromatic rings. The number of carbonyl (C=O) groups is 2. The van der Waals surface area contributed by atoms with Gasteiger partial charge in [-0.3, -0.25) is 9.78 Å². The lowest BCUT2D eigenvalue weighted by Crippen LogP contribution is -2.21. The third-order valence-corrected chi connectivity index (χ3v) is 3.34. The first-order valence-corrected chi connectivity index (χ1v) is 7.35. The molecule has 0 aliphatic carbocycles. The van der Waals surface area contributed by atoms with Crippen LogP contribution in [0.5, 0.6) is 0 Å².